The molecule has 1 aromatic carbocycles. The molecule has 1 aromatic heterocycles. The first-order chi connectivity index (χ1) is 10.4. The molecule has 2 N–H and O–H groups in total. The summed E-state index contributed by atoms with van der Waals surface area (Å²) in [5.74, 6) is 0.830. The first kappa shape index (κ1) is 16.3. The van der Waals surface area contributed by atoms with Crippen LogP contribution in [0.15, 0.2) is 41.2 Å². The van der Waals surface area contributed by atoms with Gasteiger partial charge in [0.2, 0.25) is 0 Å². The molecule has 1 unspecified atom stereocenters. The Morgan fingerprint density at radius 2 is 1.73 bits per heavy atom. The standard InChI is InChI=1S/C18H24N2O2/c1-5-20-17(11-10-16(13(4)19)18(20)21)14-6-8-15(9-7-14)22-12(2)3/h6-13H,5,19H2,1-4H3. The highest BCUT2D eigenvalue weighted by atomic mass is 16.5. The van der Waals surface area contributed by atoms with E-state index in [1.54, 1.807) is 4.57 Å². The van der Waals surface area contributed by atoms with Crippen LogP contribution in [0.3, 0.4) is 0 Å². The van der Waals surface area contributed by atoms with Crippen LogP contribution in [0.2, 0.25) is 0 Å². The van der Waals surface area contributed by atoms with E-state index in [-0.39, 0.29) is 17.7 Å². The number of nitrogens with zero attached hydrogens (tertiary/aromatic N) is 1. The van der Waals surface area contributed by atoms with Crippen LogP contribution in [0.1, 0.15) is 39.3 Å². The van der Waals surface area contributed by atoms with Gasteiger partial charge in [-0.05, 0) is 69.7 Å². The van der Waals surface area contributed by atoms with Gasteiger partial charge in [0.15, 0.2) is 0 Å². The zero-order valence-electron chi connectivity index (χ0n) is 13.7. The monoisotopic (exact) mass is 300 g/mol. The third kappa shape index (κ3) is 3.39. The van der Waals surface area contributed by atoms with Gasteiger partial charge >= 0.3 is 0 Å². The SMILES string of the molecule is CCn1c(-c2ccc(OC(C)C)cc2)ccc(C(C)N)c1=O. The minimum atomic E-state index is -0.263. The summed E-state index contributed by atoms with van der Waals surface area (Å²) in [7, 11) is 0. The lowest BCUT2D eigenvalue weighted by molar-refractivity contribution is 0.242. The lowest BCUT2D eigenvalue weighted by Gasteiger charge is -2.15. The zero-order chi connectivity index (χ0) is 16.3. The predicted molar refractivity (Wildman–Crippen MR) is 90.2 cm³/mol. The molecule has 0 fully saturated rings. The largest absolute Gasteiger partial charge is 0.491 e. The number of ether oxygens (including phenoxy) is 1. The molecule has 0 spiro atoms. The molecule has 0 saturated carbocycles. The molecule has 0 aliphatic carbocycles. The van der Waals surface area contributed by atoms with E-state index in [0.29, 0.717) is 12.1 Å². The maximum absolute atomic E-state index is 12.5. The number of hydrogen-bond acceptors (Lipinski definition) is 3. The second-order valence-corrected chi connectivity index (χ2v) is 5.70. The van der Waals surface area contributed by atoms with Gasteiger partial charge in [-0.2, -0.15) is 0 Å². The van der Waals surface area contributed by atoms with Crippen molar-refractivity contribution in [2.75, 3.05) is 0 Å². The van der Waals surface area contributed by atoms with E-state index in [9.17, 15) is 4.79 Å². The Bertz CT molecular complexity index is 685. The van der Waals surface area contributed by atoms with Gasteiger partial charge in [0, 0.05) is 18.2 Å². The summed E-state index contributed by atoms with van der Waals surface area (Å²) in [5.41, 5.74) is 8.38. The molecule has 0 bridgehead atoms. The van der Waals surface area contributed by atoms with Crippen molar-refractivity contribution in [2.24, 2.45) is 5.73 Å². The van der Waals surface area contributed by atoms with E-state index in [1.165, 1.54) is 0 Å². The molecule has 1 heterocycles. The van der Waals surface area contributed by atoms with Gasteiger partial charge in [-0.1, -0.05) is 0 Å². The van der Waals surface area contributed by atoms with Crippen LogP contribution in [-0.4, -0.2) is 10.7 Å². The maximum Gasteiger partial charge on any atom is 0.255 e. The van der Waals surface area contributed by atoms with Gasteiger partial charge in [-0.3, -0.25) is 4.79 Å². The van der Waals surface area contributed by atoms with Gasteiger partial charge in [0.1, 0.15) is 5.75 Å². The van der Waals surface area contributed by atoms with Gasteiger partial charge in [0.05, 0.1) is 11.8 Å². The number of rotatable bonds is 5. The molecule has 0 amide bonds. The Morgan fingerprint density at radius 1 is 1.09 bits per heavy atom. The molecular weight excluding hydrogens is 276 g/mol. The van der Waals surface area contributed by atoms with E-state index in [4.69, 9.17) is 10.5 Å². The first-order valence-corrected chi connectivity index (χ1v) is 7.70. The third-order valence-corrected chi connectivity index (χ3v) is 3.53. The van der Waals surface area contributed by atoms with E-state index in [0.717, 1.165) is 17.0 Å². The van der Waals surface area contributed by atoms with Crippen LogP contribution in [0.5, 0.6) is 5.75 Å². The maximum atomic E-state index is 12.5. The lowest BCUT2D eigenvalue weighted by Crippen LogP contribution is -2.27. The summed E-state index contributed by atoms with van der Waals surface area (Å²) in [5, 5.41) is 0. The van der Waals surface area contributed by atoms with Crippen LogP contribution in [0.25, 0.3) is 11.3 Å². The van der Waals surface area contributed by atoms with E-state index >= 15 is 0 Å². The fraction of sp³-hybridized carbons (Fsp3) is 0.389. The predicted octanol–water partition coefficient (Wildman–Crippen LogP) is 3.34. The number of hydrogen-bond donors (Lipinski definition) is 1. The average Bonchev–Trinajstić information content (AvgIpc) is 2.46. The highest BCUT2D eigenvalue weighted by Gasteiger charge is 2.12. The summed E-state index contributed by atoms with van der Waals surface area (Å²) in [6, 6.07) is 11.3. The molecule has 0 saturated heterocycles. The second-order valence-electron chi connectivity index (χ2n) is 5.70. The third-order valence-electron chi connectivity index (χ3n) is 3.53. The highest BCUT2D eigenvalue weighted by Crippen LogP contribution is 2.23. The van der Waals surface area contributed by atoms with Gasteiger partial charge < -0.3 is 15.0 Å². The van der Waals surface area contributed by atoms with Crippen molar-refractivity contribution in [2.45, 2.75) is 46.4 Å². The molecule has 22 heavy (non-hydrogen) atoms. The van der Waals surface area contributed by atoms with Crippen molar-refractivity contribution < 1.29 is 4.74 Å². The van der Waals surface area contributed by atoms with E-state index in [1.807, 2.05) is 64.1 Å². The molecule has 4 heteroatoms. The summed E-state index contributed by atoms with van der Waals surface area (Å²) in [4.78, 5) is 12.5. The van der Waals surface area contributed by atoms with Gasteiger partial charge in [-0.15, -0.1) is 0 Å². The summed E-state index contributed by atoms with van der Waals surface area (Å²) >= 11 is 0. The Kier molecular flexibility index (Phi) is 5.03. The minimum absolute atomic E-state index is 0.0162. The van der Waals surface area contributed by atoms with Gasteiger partial charge in [0.25, 0.3) is 5.56 Å². The van der Waals surface area contributed by atoms with E-state index in [2.05, 4.69) is 0 Å². The molecular formula is C18H24N2O2. The topological polar surface area (TPSA) is 57.2 Å². The summed E-state index contributed by atoms with van der Waals surface area (Å²) in [6.07, 6.45) is 0.144. The van der Waals surface area contributed by atoms with Crippen molar-refractivity contribution in [1.82, 2.24) is 4.57 Å². The average molecular weight is 300 g/mol. The van der Waals surface area contributed by atoms with Gasteiger partial charge in [-0.25, -0.2) is 0 Å². The Labute approximate surface area is 131 Å². The van der Waals surface area contributed by atoms with Crippen LogP contribution in [-0.2, 0) is 6.54 Å². The smallest absolute Gasteiger partial charge is 0.255 e. The summed E-state index contributed by atoms with van der Waals surface area (Å²) in [6.45, 7) is 8.39. The minimum Gasteiger partial charge on any atom is -0.491 e. The van der Waals surface area contributed by atoms with Crippen molar-refractivity contribution in [1.29, 1.82) is 0 Å². The Balaban J connectivity index is 2.44. The van der Waals surface area contributed by atoms with Crippen molar-refractivity contribution in [3.8, 4) is 17.0 Å². The first-order valence-electron chi connectivity index (χ1n) is 7.70. The van der Waals surface area contributed by atoms with Crippen molar-refractivity contribution in [3.05, 3.63) is 52.3 Å². The fourth-order valence-corrected chi connectivity index (χ4v) is 2.48. The van der Waals surface area contributed by atoms with Crippen LogP contribution < -0.4 is 16.0 Å². The molecule has 0 radical (unpaired) electrons. The molecule has 4 nitrogen and oxygen atoms in total. The number of pyridine rings is 1. The fourth-order valence-electron chi connectivity index (χ4n) is 2.48. The number of nitrogens with two attached hydrogens (primary N) is 1. The second kappa shape index (κ2) is 6.79. The summed E-state index contributed by atoms with van der Waals surface area (Å²) < 4.78 is 7.41. The lowest BCUT2D eigenvalue weighted by atomic mass is 10.1. The molecule has 1 atom stereocenters. The van der Waals surface area contributed by atoms with Crippen LogP contribution in [0, 0.1) is 0 Å². The van der Waals surface area contributed by atoms with Crippen molar-refractivity contribution >= 4 is 0 Å². The normalized spacial score (nSPS) is 12.5. The Morgan fingerprint density at radius 3 is 2.23 bits per heavy atom. The van der Waals surface area contributed by atoms with Crippen molar-refractivity contribution in [3.63, 3.8) is 0 Å². The Hall–Kier alpha value is -2.07. The van der Waals surface area contributed by atoms with Crippen LogP contribution in [0.4, 0.5) is 0 Å². The molecule has 118 valence electrons. The zero-order valence-corrected chi connectivity index (χ0v) is 13.7. The molecule has 2 rings (SSSR count). The molecule has 2 aromatic rings. The highest BCUT2D eigenvalue weighted by molar-refractivity contribution is 5.61. The number of benzene rings is 1. The quantitative estimate of drug-likeness (QED) is 0.921. The van der Waals surface area contributed by atoms with Crippen LogP contribution >= 0.6 is 0 Å². The number of aromatic nitrogens is 1. The van der Waals surface area contributed by atoms with E-state index < -0.39 is 0 Å². The molecule has 0 aliphatic heterocycles. The molecule has 0 aliphatic rings.